The Balaban J connectivity index is 2.03. The minimum absolute atomic E-state index is 0.0932. The van der Waals surface area contributed by atoms with E-state index in [4.69, 9.17) is 9.47 Å². The van der Waals surface area contributed by atoms with Crippen molar-refractivity contribution in [2.24, 2.45) is 0 Å². The maximum atomic E-state index is 13.7. The van der Waals surface area contributed by atoms with Gasteiger partial charge in [-0.1, -0.05) is 30.3 Å². The standard InChI is InChI=1S/C23H23NO5S/c1-28-17-10-7-11-18(14-17)30(26,27)24-15-21(23(25)29-2)20-13-6-4-9-16-8-3-5-12-19(16)22(20)24/h3,5,7-8,10-12,14-15H,4,6,9,13H2,1-2H3. The highest BCUT2D eigenvalue weighted by Gasteiger charge is 2.30. The number of aryl methyl sites for hydroxylation is 1. The molecule has 1 aliphatic carbocycles. The molecule has 0 bridgehead atoms. The van der Waals surface area contributed by atoms with Gasteiger partial charge in [0.15, 0.2) is 0 Å². The smallest absolute Gasteiger partial charge is 0.339 e. The molecule has 156 valence electrons. The molecule has 7 heteroatoms. The summed E-state index contributed by atoms with van der Waals surface area (Å²) < 4.78 is 38.7. The molecule has 30 heavy (non-hydrogen) atoms. The van der Waals surface area contributed by atoms with Crippen LogP contribution in [0.1, 0.15) is 34.3 Å². The van der Waals surface area contributed by atoms with Crippen molar-refractivity contribution in [2.45, 2.75) is 30.6 Å². The third-order valence-corrected chi connectivity index (χ3v) is 7.13. The second kappa shape index (κ2) is 7.99. The number of nitrogens with zero attached hydrogens (tertiary/aromatic N) is 1. The van der Waals surface area contributed by atoms with Gasteiger partial charge in [0.25, 0.3) is 10.0 Å². The van der Waals surface area contributed by atoms with E-state index in [2.05, 4.69) is 0 Å². The number of fused-ring (bicyclic) bond motifs is 3. The predicted molar refractivity (Wildman–Crippen MR) is 113 cm³/mol. The summed E-state index contributed by atoms with van der Waals surface area (Å²) in [6, 6.07) is 14.1. The number of rotatable bonds is 4. The molecule has 0 unspecified atom stereocenters. The Morgan fingerprint density at radius 1 is 1.00 bits per heavy atom. The lowest BCUT2D eigenvalue weighted by atomic mass is 9.91. The van der Waals surface area contributed by atoms with E-state index in [0.717, 1.165) is 30.4 Å². The van der Waals surface area contributed by atoms with Crippen molar-refractivity contribution in [1.29, 1.82) is 0 Å². The van der Waals surface area contributed by atoms with Crippen LogP contribution in [0.25, 0.3) is 11.3 Å². The van der Waals surface area contributed by atoms with Gasteiger partial charge in [0.2, 0.25) is 0 Å². The summed E-state index contributed by atoms with van der Waals surface area (Å²) >= 11 is 0. The lowest BCUT2D eigenvalue weighted by Crippen LogP contribution is -2.15. The monoisotopic (exact) mass is 425 g/mol. The van der Waals surface area contributed by atoms with E-state index >= 15 is 0 Å². The number of carbonyl (C=O) groups excluding carboxylic acids is 1. The summed E-state index contributed by atoms with van der Waals surface area (Å²) in [5.74, 6) is -0.0939. The number of benzene rings is 2. The van der Waals surface area contributed by atoms with Crippen LogP contribution in [-0.2, 0) is 27.6 Å². The molecular formula is C23H23NO5S. The van der Waals surface area contributed by atoms with E-state index in [1.807, 2.05) is 24.3 Å². The molecule has 1 heterocycles. The maximum Gasteiger partial charge on any atom is 0.339 e. The Kier molecular flexibility index (Phi) is 5.39. The first-order valence-electron chi connectivity index (χ1n) is 9.78. The van der Waals surface area contributed by atoms with Gasteiger partial charge in [-0.05, 0) is 48.9 Å². The van der Waals surface area contributed by atoms with Gasteiger partial charge in [-0.3, -0.25) is 0 Å². The normalized spacial score (nSPS) is 13.5. The van der Waals surface area contributed by atoms with Crippen LogP contribution < -0.4 is 4.74 Å². The van der Waals surface area contributed by atoms with Gasteiger partial charge in [0, 0.05) is 17.8 Å². The molecule has 0 amide bonds. The van der Waals surface area contributed by atoms with Crippen molar-refractivity contribution in [1.82, 2.24) is 3.97 Å². The van der Waals surface area contributed by atoms with Gasteiger partial charge in [0.05, 0.1) is 30.4 Å². The van der Waals surface area contributed by atoms with Gasteiger partial charge < -0.3 is 9.47 Å². The van der Waals surface area contributed by atoms with Crippen LogP contribution in [0.5, 0.6) is 5.75 Å². The topological polar surface area (TPSA) is 74.6 Å². The van der Waals surface area contributed by atoms with Crippen molar-refractivity contribution in [3.63, 3.8) is 0 Å². The molecule has 6 nitrogen and oxygen atoms in total. The van der Waals surface area contributed by atoms with Crippen molar-refractivity contribution in [2.75, 3.05) is 14.2 Å². The second-order valence-corrected chi connectivity index (χ2v) is 9.02. The van der Waals surface area contributed by atoms with Gasteiger partial charge in [-0.25, -0.2) is 17.2 Å². The van der Waals surface area contributed by atoms with Crippen LogP contribution in [0.2, 0.25) is 0 Å². The van der Waals surface area contributed by atoms with Crippen LogP contribution in [0.4, 0.5) is 0 Å². The van der Waals surface area contributed by atoms with Crippen LogP contribution in [-0.4, -0.2) is 32.6 Å². The Labute approximate surface area is 176 Å². The lowest BCUT2D eigenvalue weighted by molar-refractivity contribution is 0.0599. The average molecular weight is 426 g/mol. The highest BCUT2D eigenvalue weighted by molar-refractivity contribution is 7.90. The van der Waals surface area contributed by atoms with E-state index in [1.165, 1.54) is 36.5 Å². The Bertz CT molecular complexity index is 1210. The number of hydrogen-bond donors (Lipinski definition) is 0. The molecule has 2 aromatic carbocycles. The molecule has 0 atom stereocenters. The molecule has 1 aromatic heterocycles. The number of aromatic nitrogens is 1. The number of methoxy groups -OCH3 is 2. The summed E-state index contributed by atoms with van der Waals surface area (Å²) in [6.07, 6.45) is 4.68. The Morgan fingerprint density at radius 3 is 2.53 bits per heavy atom. The van der Waals surface area contributed by atoms with E-state index in [1.54, 1.807) is 12.1 Å². The van der Waals surface area contributed by atoms with E-state index in [-0.39, 0.29) is 10.5 Å². The Morgan fingerprint density at radius 2 is 1.77 bits per heavy atom. The molecular weight excluding hydrogens is 402 g/mol. The van der Waals surface area contributed by atoms with E-state index in [0.29, 0.717) is 23.4 Å². The van der Waals surface area contributed by atoms with E-state index in [9.17, 15) is 13.2 Å². The minimum atomic E-state index is -3.98. The second-order valence-electron chi connectivity index (χ2n) is 7.21. The van der Waals surface area contributed by atoms with E-state index < -0.39 is 16.0 Å². The third kappa shape index (κ3) is 3.39. The molecule has 1 aliphatic rings. The average Bonchev–Trinajstić information content (AvgIpc) is 3.14. The molecule has 0 aliphatic heterocycles. The molecule has 3 aromatic rings. The van der Waals surface area contributed by atoms with Crippen molar-refractivity contribution >= 4 is 16.0 Å². The van der Waals surface area contributed by atoms with Crippen LogP contribution >= 0.6 is 0 Å². The fraction of sp³-hybridized carbons (Fsp3) is 0.261. The van der Waals surface area contributed by atoms with Crippen LogP contribution in [0.3, 0.4) is 0 Å². The van der Waals surface area contributed by atoms with Crippen molar-refractivity contribution in [3.05, 3.63) is 71.4 Å². The molecule has 0 radical (unpaired) electrons. The zero-order chi connectivity index (χ0) is 21.3. The van der Waals surface area contributed by atoms with Gasteiger partial charge in [0.1, 0.15) is 5.75 Å². The van der Waals surface area contributed by atoms with Gasteiger partial charge >= 0.3 is 5.97 Å². The first kappa shape index (κ1) is 20.2. The zero-order valence-electron chi connectivity index (χ0n) is 16.9. The first-order chi connectivity index (χ1) is 14.5. The summed E-state index contributed by atoms with van der Waals surface area (Å²) in [7, 11) is -1.18. The predicted octanol–water partition coefficient (Wildman–Crippen LogP) is 4.07. The summed E-state index contributed by atoms with van der Waals surface area (Å²) in [5.41, 5.74) is 3.42. The van der Waals surface area contributed by atoms with Gasteiger partial charge in [-0.15, -0.1) is 0 Å². The molecule has 0 spiro atoms. The molecule has 0 saturated heterocycles. The molecule has 0 saturated carbocycles. The van der Waals surface area contributed by atoms with Crippen LogP contribution in [0.15, 0.2) is 59.6 Å². The number of ether oxygens (including phenoxy) is 2. The maximum absolute atomic E-state index is 13.7. The fourth-order valence-electron chi connectivity index (χ4n) is 3.99. The summed E-state index contributed by atoms with van der Waals surface area (Å²) in [4.78, 5) is 12.6. The highest BCUT2D eigenvalue weighted by atomic mass is 32.2. The highest BCUT2D eigenvalue weighted by Crippen LogP contribution is 2.37. The quantitative estimate of drug-likeness (QED) is 0.589. The SMILES string of the molecule is COC(=O)c1cn(S(=O)(=O)c2cccc(OC)c2)c2c1CCCCc1ccccc1-2. The first-order valence-corrected chi connectivity index (χ1v) is 11.2. The summed E-state index contributed by atoms with van der Waals surface area (Å²) in [5, 5.41) is 0. The van der Waals surface area contributed by atoms with Crippen molar-refractivity contribution < 1.29 is 22.7 Å². The molecule has 0 N–H and O–H groups in total. The van der Waals surface area contributed by atoms with Crippen molar-refractivity contribution in [3.8, 4) is 17.0 Å². The minimum Gasteiger partial charge on any atom is -0.497 e. The zero-order valence-corrected chi connectivity index (χ0v) is 17.7. The van der Waals surface area contributed by atoms with Crippen LogP contribution in [0, 0.1) is 0 Å². The lowest BCUT2D eigenvalue weighted by Gasteiger charge is -2.18. The number of hydrogen-bond acceptors (Lipinski definition) is 5. The molecule has 0 fully saturated rings. The third-order valence-electron chi connectivity index (χ3n) is 5.48. The fourth-order valence-corrected chi connectivity index (χ4v) is 5.43. The largest absolute Gasteiger partial charge is 0.497 e. The molecule has 4 rings (SSSR count). The summed E-state index contributed by atoms with van der Waals surface area (Å²) in [6.45, 7) is 0. The Hall–Kier alpha value is -3.06. The van der Waals surface area contributed by atoms with Gasteiger partial charge in [-0.2, -0.15) is 0 Å². The number of esters is 1. The number of carbonyl (C=O) groups is 1.